The number of hydrogen-bond acceptors (Lipinski definition) is 3. The first-order valence-electron chi connectivity index (χ1n) is 5.83. The predicted octanol–water partition coefficient (Wildman–Crippen LogP) is 1.93. The number of aromatic hydroxyl groups is 1. The van der Waals surface area contributed by atoms with Crippen LogP contribution in [0.5, 0.6) is 5.75 Å². The Morgan fingerprint density at radius 1 is 1.00 bits per heavy atom. The molecule has 4 nitrogen and oxygen atoms in total. The van der Waals surface area contributed by atoms with E-state index in [1.165, 1.54) is 18.2 Å². The fraction of sp³-hybridized carbons (Fsp3) is 0.0667. The number of hydrogen-bond donors (Lipinski definition) is 2. The molecule has 0 spiro atoms. The van der Waals surface area contributed by atoms with Crippen molar-refractivity contribution >= 4 is 11.6 Å². The van der Waals surface area contributed by atoms with E-state index in [1.807, 2.05) is 30.3 Å². The number of benzene rings is 1. The van der Waals surface area contributed by atoms with Gasteiger partial charge in [-0.25, -0.2) is 0 Å². The maximum absolute atomic E-state index is 11.8. The Hall–Kier alpha value is -2.62. The van der Waals surface area contributed by atoms with Crippen LogP contribution < -0.4 is 10.7 Å². The lowest BCUT2D eigenvalue weighted by atomic mass is 10.1. The third-order valence-electron chi connectivity index (χ3n) is 2.59. The first-order valence-corrected chi connectivity index (χ1v) is 5.83. The largest absolute Gasteiger partial charge is 0.503 e. The van der Waals surface area contributed by atoms with Gasteiger partial charge in [0, 0.05) is 0 Å². The van der Waals surface area contributed by atoms with Crippen LogP contribution >= 0.6 is 0 Å². The molecule has 0 aliphatic carbocycles. The van der Waals surface area contributed by atoms with Gasteiger partial charge in [0.1, 0.15) is 0 Å². The molecular formula is C15H13NO3. The third-order valence-corrected chi connectivity index (χ3v) is 2.59. The molecule has 0 bridgehead atoms. The number of anilines is 1. The number of carbonyl (C=O) groups excluding carboxylic acids is 1. The molecule has 0 aliphatic rings. The van der Waals surface area contributed by atoms with E-state index in [4.69, 9.17) is 0 Å². The lowest BCUT2D eigenvalue weighted by Crippen LogP contribution is -2.15. The molecule has 0 heterocycles. The van der Waals surface area contributed by atoms with Gasteiger partial charge >= 0.3 is 0 Å². The first-order chi connectivity index (χ1) is 9.16. The summed E-state index contributed by atoms with van der Waals surface area (Å²) in [4.78, 5) is 23.2. The Labute approximate surface area is 110 Å². The minimum Gasteiger partial charge on any atom is -0.503 e. The molecule has 0 fully saturated rings. The molecular weight excluding hydrogens is 242 g/mol. The van der Waals surface area contributed by atoms with Gasteiger partial charge in [0.2, 0.25) is 11.3 Å². The van der Waals surface area contributed by atoms with Gasteiger partial charge in [-0.1, -0.05) is 42.5 Å². The van der Waals surface area contributed by atoms with E-state index in [2.05, 4.69) is 5.32 Å². The van der Waals surface area contributed by atoms with Gasteiger partial charge in [-0.05, 0) is 17.7 Å². The summed E-state index contributed by atoms with van der Waals surface area (Å²) in [5.74, 6) is -0.737. The van der Waals surface area contributed by atoms with Crippen molar-refractivity contribution in [3.8, 4) is 5.75 Å². The molecule has 0 unspecified atom stereocenters. The fourth-order valence-electron chi connectivity index (χ4n) is 1.66. The molecule has 0 atom stereocenters. The van der Waals surface area contributed by atoms with Gasteiger partial charge in [-0.15, -0.1) is 0 Å². The molecule has 0 radical (unpaired) electrons. The molecule has 0 aromatic heterocycles. The summed E-state index contributed by atoms with van der Waals surface area (Å²) in [5.41, 5.74) is 0.457. The van der Waals surface area contributed by atoms with Crippen LogP contribution in [0.2, 0.25) is 0 Å². The first kappa shape index (κ1) is 12.8. The van der Waals surface area contributed by atoms with Crippen molar-refractivity contribution in [1.29, 1.82) is 0 Å². The van der Waals surface area contributed by atoms with Gasteiger partial charge in [0.05, 0.1) is 12.1 Å². The molecule has 4 heteroatoms. The predicted molar refractivity (Wildman–Crippen MR) is 73.2 cm³/mol. The zero-order valence-electron chi connectivity index (χ0n) is 10.2. The summed E-state index contributed by atoms with van der Waals surface area (Å²) in [5, 5.41) is 12.2. The van der Waals surface area contributed by atoms with Crippen LogP contribution in [0.4, 0.5) is 5.69 Å². The van der Waals surface area contributed by atoms with E-state index in [1.54, 1.807) is 6.07 Å². The van der Waals surface area contributed by atoms with Gasteiger partial charge in [-0.3, -0.25) is 9.59 Å². The quantitative estimate of drug-likeness (QED) is 0.880. The van der Waals surface area contributed by atoms with Crippen LogP contribution in [-0.2, 0) is 11.2 Å². The van der Waals surface area contributed by atoms with Crippen molar-refractivity contribution in [3.63, 3.8) is 0 Å². The minimum absolute atomic E-state index is 0.121. The zero-order chi connectivity index (χ0) is 13.7. The van der Waals surface area contributed by atoms with E-state index in [0.29, 0.717) is 0 Å². The smallest absolute Gasteiger partial charge is 0.228 e. The van der Waals surface area contributed by atoms with Crippen LogP contribution in [0.25, 0.3) is 0 Å². The highest BCUT2D eigenvalue weighted by Crippen LogP contribution is 2.16. The third kappa shape index (κ3) is 3.42. The van der Waals surface area contributed by atoms with Crippen LogP contribution in [0.1, 0.15) is 5.56 Å². The number of carbonyl (C=O) groups is 1. The zero-order valence-corrected chi connectivity index (χ0v) is 10.2. The molecule has 0 aliphatic heterocycles. The van der Waals surface area contributed by atoms with Crippen molar-refractivity contribution in [2.24, 2.45) is 0 Å². The van der Waals surface area contributed by atoms with Crippen molar-refractivity contribution in [2.45, 2.75) is 6.42 Å². The van der Waals surface area contributed by atoms with Gasteiger partial charge in [0.25, 0.3) is 0 Å². The summed E-state index contributed by atoms with van der Waals surface area (Å²) in [7, 11) is 0. The average Bonchev–Trinajstić information content (AvgIpc) is 2.55. The Morgan fingerprint density at radius 2 is 1.63 bits per heavy atom. The Bertz CT molecular complexity index is 638. The van der Waals surface area contributed by atoms with Gasteiger partial charge < -0.3 is 10.4 Å². The topological polar surface area (TPSA) is 66.4 Å². The Morgan fingerprint density at radius 3 is 2.37 bits per heavy atom. The van der Waals surface area contributed by atoms with Crippen LogP contribution in [-0.4, -0.2) is 11.0 Å². The number of amides is 1. The Balaban J connectivity index is 2.15. The van der Waals surface area contributed by atoms with Gasteiger partial charge in [0.15, 0.2) is 5.75 Å². The second-order valence-electron chi connectivity index (χ2n) is 4.06. The SMILES string of the molecule is O=C(Cc1ccccc1)Nc1ccccc(=O)c1O. The van der Waals surface area contributed by atoms with Crippen LogP contribution in [0.15, 0.2) is 59.4 Å². The standard InChI is InChI=1S/C15H13NO3/c17-13-9-5-4-8-12(15(13)19)16-14(18)10-11-6-2-1-3-7-11/h1-9H,10H2,(H2,16,17,18,19). The second-order valence-corrected chi connectivity index (χ2v) is 4.06. The lowest BCUT2D eigenvalue weighted by Gasteiger charge is -2.04. The fourth-order valence-corrected chi connectivity index (χ4v) is 1.66. The molecule has 2 N–H and O–H groups in total. The van der Waals surface area contributed by atoms with Crippen molar-refractivity contribution in [3.05, 3.63) is 70.4 Å². The van der Waals surface area contributed by atoms with Crippen molar-refractivity contribution in [2.75, 3.05) is 5.32 Å². The number of nitrogens with one attached hydrogen (secondary N) is 1. The van der Waals surface area contributed by atoms with Crippen LogP contribution in [0.3, 0.4) is 0 Å². The highest BCUT2D eigenvalue weighted by Gasteiger charge is 2.08. The summed E-state index contributed by atoms with van der Waals surface area (Å²) in [6, 6.07) is 15.0. The molecule has 0 saturated carbocycles. The molecule has 2 rings (SSSR count). The Kier molecular flexibility index (Phi) is 3.93. The highest BCUT2D eigenvalue weighted by molar-refractivity contribution is 5.93. The molecule has 19 heavy (non-hydrogen) atoms. The highest BCUT2D eigenvalue weighted by atomic mass is 16.3. The summed E-state index contributed by atoms with van der Waals surface area (Å²) in [6.45, 7) is 0. The van der Waals surface area contributed by atoms with Crippen LogP contribution in [0, 0.1) is 0 Å². The molecule has 0 saturated heterocycles. The second kappa shape index (κ2) is 5.82. The normalized spacial score (nSPS) is 9.89. The average molecular weight is 255 g/mol. The van der Waals surface area contributed by atoms with E-state index in [9.17, 15) is 14.7 Å². The summed E-state index contributed by atoms with van der Waals surface area (Å²) in [6.07, 6.45) is 0.188. The van der Waals surface area contributed by atoms with Crippen molar-refractivity contribution in [1.82, 2.24) is 0 Å². The van der Waals surface area contributed by atoms with E-state index >= 15 is 0 Å². The van der Waals surface area contributed by atoms with E-state index in [0.717, 1.165) is 5.56 Å². The summed E-state index contributed by atoms with van der Waals surface area (Å²) >= 11 is 0. The molecule has 2 aromatic rings. The summed E-state index contributed by atoms with van der Waals surface area (Å²) < 4.78 is 0. The van der Waals surface area contributed by atoms with E-state index < -0.39 is 11.2 Å². The van der Waals surface area contributed by atoms with E-state index in [-0.39, 0.29) is 18.0 Å². The minimum atomic E-state index is -0.528. The monoisotopic (exact) mass is 255 g/mol. The van der Waals surface area contributed by atoms with Crippen molar-refractivity contribution < 1.29 is 9.90 Å². The molecule has 96 valence electrons. The molecule has 2 aromatic carbocycles. The molecule has 1 amide bonds. The number of rotatable bonds is 3. The maximum atomic E-state index is 11.8. The lowest BCUT2D eigenvalue weighted by molar-refractivity contribution is -0.115. The maximum Gasteiger partial charge on any atom is 0.228 e. The van der Waals surface area contributed by atoms with Gasteiger partial charge in [-0.2, -0.15) is 0 Å².